The van der Waals surface area contributed by atoms with Gasteiger partial charge in [0.05, 0.1) is 12.2 Å². The quantitative estimate of drug-likeness (QED) is 0.641. The zero-order valence-electron chi connectivity index (χ0n) is 6.75. The molecule has 0 aliphatic carbocycles. The minimum absolute atomic E-state index is 0.587. The lowest BCUT2D eigenvalue weighted by Crippen LogP contribution is -2.13. The summed E-state index contributed by atoms with van der Waals surface area (Å²) in [4.78, 5) is 0. The van der Waals surface area contributed by atoms with Crippen molar-refractivity contribution in [2.75, 3.05) is 13.1 Å². The lowest BCUT2D eigenvalue weighted by molar-refractivity contribution is 0.490. The van der Waals surface area contributed by atoms with Crippen molar-refractivity contribution in [3.8, 4) is 0 Å². The molecule has 1 aliphatic rings. The van der Waals surface area contributed by atoms with Gasteiger partial charge in [-0.3, -0.25) is 4.68 Å². The molecule has 60 valence electrons. The van der Waals surface area contributed by atoms with Gasteiger partial charge in [0.15, 0.2) is 0 Å². The minimum Gasteiger partial charge on any atom is -0.315 e. The predicted octanol–water partition coefficient (Wildman–Crippen LogP) is 0.726. The standard InChI is InChI=1S/C8H13N3/c1-7-4-10-11(6-7)8-2-3-9-5-8/h4,6,8-9H,2-3,5H2,1H3/t8-/m0/s1. The first-order chi connectivity index (χ1) is 5.36. The van der Waals surface area contributed by atoms with E-state index >= 15 is 0 Å². The van der Waals surface area contributed by atoms with E-state index < -0.39 is 0 Å². The smallest absolute Gasteiger partial charge is 0.0655 e. The normalized spacial score (nSPS) is 24.3. The fourth-order valence-electron chi connectivity index (χ4n) is 1.50. The van der Waals surface area contributed by atoms with Gasteiger partial charge in [0.1, 0.15) is 0 Å². The highest BCUT2D eigenvalue weighted by molar-refractivity contribution is 5.01. The largest absolute Gasteiger partial charge is 0.315 e. The first-order valence-corrected chi connectivity index (χ1v) is 4.08. The van der Waals surface area contributed by atoms with Crippen LogP contribution in [0, 0.1) is 6.92 Å². The van der Waals surface area contributed by atoms with Crippen molar-refractivity contribution in [3.05, 3.63) is 18.0 Å². The Morgan fingerprint density at radius 3 is 3.18 bits per heavy atom. The lowest BCUT2D eigenvalue weighted by atomic mass is 10.3. The molecule has 2 rings (SSSR count). The highest BCUT2D eigenvalue weighted by Crippen LogP contribution is 2.13. The topological polar surface area (TPSA) is 29.9 Å². The third-order valence-electron chi connectivity index (χ3n) is 2.14. The lowest BCUT2D eigenvalue weighted by Gasteiger charge is -2.07. The van der Waals surface area contributed by atoms with Crippen LogP contribution in [0.4, 0.5) is 0 Å². The van der Waals surface area contributed by atoms with Crippen LogP contribution < -0.4 is 5.32 Å². The van der Waals surface area contributed by atoms with Crippen molar-refractivity contribution in [2.45, 2.75) is 19.4 Å². The molecule has 0 saturated carbocycles. The Morgan fingerprint density at radius 1 is 1.73 bits per heavy atom. The molecular weight excluding hydrogens is 138 g/mol. The molecule has 0 radical (unpaired) electrons. The Labute approximate surface area is 66.4 Å². The first kappa shape index (κ1) is 6.85. The molecular formula is C8H13N3. The second kappa shape index (κ2) is 2.66. The van der Waals surface area contributed by atoms with Crippen molar-refractivity contribution in [1.82, 2.24) is 15.1 Å². The summed E-state index contributed by atoms with van der Waals surface area (Å²) in [5.74, 6) is 0. The molecule has 0 amide bonds. The molecule has 1 aromatic rings. The number of aryl methyl sites for hydroxylation is 1. The summed E-state index contributed by atoms with van der Waals surface area (Å²) in [5.41, 5.74) is 1.25. The third kappa shape index (κ3) is 1.28. The van der Waals surface area contributed by atoms with Crippen LogP contribution in [0.2, 0.25) is 0 Å². The fourth-order valence-corrected chi connectivity index (χ4v) is 1.50. The van der Waals surface area contributed by atoms with E-state index in [1.54, 1.807) is 0 Å². The second-order valence-corrected chi connectivity index (χ2v) is 3.14. The van der Waals surface area contributed by atoms with Crippen molar-refractivity contribution in [1.29, 1.82) is 0 Å². The van der Waals surface area contributed by atoms with E-state index in [-0.39, 0.29) is 0 Å². The van der Waals surface area contributed by atoms with E-state index in [1.807, 2.05) is 6.20 Å². The average molecular weight is 151 g/mol. The van der Waals surface area contributed by atoms with E-state index in [0.717, 1.165) is 13.1 Å². The van der Waals surface area contributed by atoms with Crippen molar-refractivity contribution in [3.63, 3.8) is 0 Å². The summed E-state index contributed by atoms with van der Waals surface area (Å²) in [6.45, 7) is 4.27. The molecule has 0 spiro atoms. The Bertz CT molecular complexity index is 235. The van der Waals surface area contributed by atoms with Crippen LogP contribution in [0.5, 0.6) is 0 Å². The van der Waals surface area contributed by atoms with Gasteiger partial charge in [-0.15, -0.1) is 0 Å². The van der Waals surface area contributed by atoms with E-state index in [9.17, 15) is 0 Å². The first-order valence-electron chi connectivity index (χ1n) is 4.08. The number of aromatic nitrogens is 2. The molecule has 1 aromatic heterocycles. The SMILES string of the molecule is Cc1cnn([C@H]2CCNC2)c1. The molecule has 0 aromatic carbocycles. The number of hydrogen-bond acceptors (Lipinski definition) is 2. The Balaban J connectivity index is 2.15. The van der Waals surface area contributed by atoms with E-state index in [0.29, 0.717) is 6.04 Å². The van der Waals surface area contributed by atoms with Gasteiger partial charge in [0.2, 0.25) is 0 Å². The Kier molecular flexibility index (Phi) is 1.66. The molecule has 3 nitrogen and oxygen atoms in total. The van der Waals surface area contributed by atoms with Crippen LogP contribution in [0.1, 0.15) is 18.0 Å². The van der Waals surface area contributed by atoms with Crippen molar-refractivity contribution in [2.24, 2.45) is 0 Å². The molecule has 1 N–H and O–H groups in total. The van der Waals surface area contributed by atoms with Gasteiger partial charge >= 0.3 is 0 Å². The molecule has 1 saturated heterocycles. The van der Waals surface area contributed by atoms with Gasteiger partial charge in [-0.1, -0.05) is 0 Å². The van der Waals surface area contributed by atoms with Gasteiger partial charge in [-0.05, 0) is 25.5 Å². The summed E-state index contributed by atoms with van der Waals surface area (Å²) < 4.78 is 2.06. The summed E-state index contributed by atoms with van der Waals surface area (Å²) in [6.07, 6.45) is 5.23. The molecule has 0 unspecified atom stereocenters. The summed E-state index contributed by atoms with van der Waals surface area (Å²) in [7, 11) is 0. The predicted molar refractivity (Wildman–Crippen MR) is 43.5 cm³/mol. The Hall–Kier alpha value is -0.830. The minimum atomic E-state index is 0.587. The van der Waals surface area contributed by atoms with Gasteiger partial charge in [0, 0.05) is 12.7 Å². The molecule has 1 fully saturated rings. The summed E-state index contributed by atoms with van der Waals surface area (Å²) in [5, 5.41) is 7.59. The molecule has 3 heteroatoms. The van der Waals surface area contributed by atoms with Crippen molar-refractivity contribution >= 4 is 0 Å². The molecule has 1 atom stereocenters. The van der Waals surface area contributed by atoms with Crippen molar-refractivity contribution < 1.29 is 0 Å². The van der Waals surface area contributed by atoms with Crippen LogP contribution >= 0.6 is 0 Å². The average Bonchev–Trinajstić information content (AvgIpc) is 2.55. The van der Waals surface area contributed by atoms with E-state index in [1.165, 1.54) is 12.0 Å². The summed E-state index contributed by atoms with van der Waals surface area (Å²) >= 11 is 0. The zero-order chi connectivity index (χ0) is 7.68. The summed E-state index contributed by atoms with van der Waals surface area (Å²) in [6, 6.07) is 0.587. The number of nitrogens with one attached hydrogen (secondary N) is 1. The molecule has 1 aliphatic heterocycles. The molecule has 0 bridgehead atoms. The van der Waals surface area contributed by atoms with E-state index in [4.69, 9.17) is 0 Å². The number of nitrogens with zero attached hydrogens (tertiary/aromatic N) is 2. The number of rotatable bonds is 1. The van der Waals surface area contributed by atoms with Gasteiger partial charge in [-0.2, -0.15) is 5.10 Å². The monoisotopic (exact) mass is 151 g/mol. The maximum Gasteiger partial charge on any atom is 0.0655 e. The van der Waals surface area contributed by atoms with E-state index in [2.05, 4.69) is 28.2 Å². The highest BCUT2D eigenvalue weighted by Gasteiger charge is 2.15. The molecule has 11 heavy (non-hydrogen) atoms. The maximum absolute atomic E-state index is 4.27. The van der Waals surface area contributed by atoms with Gasteiger partial charge < -0.3 is 5.32 Å². The molecule has 2 heterocycles. The van der Waals surface area contributed by atoms with Gasteiger partial charge in [-0.25, -0.2) is 0 Å². The highest BCUT2D eigenvalue weighted by atomic mass is 15.3. The third-order valence-corrected chi connectivity index (χ3v) is 2.14. The van der Waals surface area contributed by atoms with Crippen LogP contribution in [-0.4, -0.2) is 22.9 Å². The Morgan fingerprint density at radius 2 is 2.64 bits per heavy atom. The van der Waals surface area contributed by atoms with Crippen LogP contribution in [0.25, 0.3) is 0 Å². The number of hydrogen-bond donors (Lipinski definition) is 1. The second-order valence-electron chi connectivity index (χ2n) is 3.14. The van der Waals surface area contributed by atoms with Gasteiger partial charge in [0.25, 0.3) is 0 Å². The van der Waals surface area contributed by atoms with Crippen LogP contribution in [-0.2, 0) is 0 Å². The van der Waals surface area contributed by atoms with Crippen LogP contribution in [0.15, 0.2) is 12.4 Å². The van der Waals surface area contributed by atoms with Crippen LogP contribution in [0.3, 0.4) is 0 Å². The zero-order valence-corrected chi connectivity index (χ0v) is 6.75. The fraction of sp³-hybridized carbons (Fsp3) is 0.625. The maximum atomic E-state index is 4.27.